The molecule has 0 bridgehead atoms. The van der Waals surface area contributed by atoms with Crippen molar-refractivity contribution >= 4 is 40.1 Å². The number of rotatable bonds is 11. The summed E-state index contributed by atoms with van der Waals surface area (Å²) in [7, 11) is 0. The maximum atomic E-state index is 12.8. The van der Waals surface area contributed by atoms with Gasteiger partial charge in [-0.25, -0.2) is 0 Å². The van der Waals surface area contributed by atoms with Gasteiger partial charge in [-0.15, -0.1) is 0 Å². The number of alkyl halides is 3. The van der Waals surface area contributed by atoms with Crippen LogP contribution in [0.25, 0.3) is 0 Å². The van der Waals surface area contributed by atoms with Gasteiger partial charge in [-0.1, -0.05) is 23.4 Å². The number of thioether (sulfide) groups is 1. The quantitative estimate of drug-likeness (QED) is 0.166. The SMILES string of the molecule is CCOCCOC(=O)CSC(=O)Cc1cc(Oc2ccc(C(F)(F)F)cc2Cl)ccc1[N+](=O)[O-]. The molecule has 8 nitrogen and oxygen atoms in total. The van der Waals surface area contributed by atoms with Gasteiger partial charge in [-0.2, -0.15) is 13.2 Å². The molecule has 184 valence electrons. The molecule has 0 saturated carbocycles. The highest BCUT2D eigenvalue weighted by atomic mass is 35.5. The number of nitrogens with zero attached hydrogens (tertiary/aromatic N) is 1. The molecular formula is C21H19ClF3NO7S. The molecular weight excluding hydrogens is 503 g/mol. The van der Waals surface area contributed by atoms with Crippen molar-refractivity contribution in [3.63, 3.8) is 0 Å². The zero-order valence-electron chi connectivity index (χ0n) is 17.7. The third kappa shape index (κ3) is 8.50. The molecule has 0 fully saturated rings. The van der Waals surface area contributed by atoms with E-state index in [1.165, 1.54) is 12.1 Å². The molecule has 0 aromatic heterocycles. The fraction of sp³-hybridized carbons (Fsp3) is 0.333. The number of hydrogen-bond donors (Lipinski definition) is 0. The van der Waals surface area contributed by atoms with E-state index >= 15 is 0 Å². The van der Waals surface area contributed by atoms with Crippen molar-refractivity contribution in [3.05, 3.63) is 62.7 Å². The summed E-state index contributed by atoms with van der Waals surface area (Å²) in [5, 5.41) is 10.5. The number of esters is 1. The molecule has 0 saturated heterocycles. The van der Waals surface area contributed by atoms with Gasteiger partial charge in [0.05, 0.1) is 27.9 Å². The molecule has 2 aromatic rings. The minimum absolute atomic E-state index is 0.00672. The highest BCUT2D eigenvalue weighted by molar-refractivity contribution is 8.14. The number of nitro groups is 1. The molecule has 0 atom stereocenters. The number of ether oxygens (including phenoxy) is 3. The molecule has 0 radical (unpaired) electrons. The molecule has 0 spiro atoms. The van der Waals surface area contributed by atoms with Crippen molar-refractivity contribution < 1.29 is 41.9 Å². The van der Waals surface area contributed by atoms with Gasteiger partial charge in [-0.3, -0.25) is 19.7 Å². The second-order valence-electron chi connectivity index (χ2n) is 6.55. The molecule has 13 heteroatoms. The maximum Gasteiger partial charge on any atom is 0.416 e. The Hall–Kier alpha value is -2.83. The van der Waals surface area contributed by atoms with Crippen LogP contribution in [-0.2, 0) is 31.7 Å². The summed E-state index contributed by atoms with van der Waals surface area (Å²) >= 11 is 6.51. The molecule has 0 amide bonds. The van der Waals surface area contributed by atoms with E-state index in [4.69, 9.17) is 25.8 Å². The molecule has 0 N–H and O–H groups in total. The Labute approximate surface area is 201 Å². The minimum atomic E-state index is -4.59. The van der Waals surface area contributed by atoms with Crippen molar-refractivity contribution in [2.45, 2.75) is 19.5 Å². The fourth-order valence-corrected chi connectivity index (χ4v) is 3.42. The van der Waals surface area contributed by atoms with Crippen LogP contribution in [0.2, 0.25) is 5.02 Å². The lowest BCUT2D eigenvalue weighted by Gasteiger charge is -2.12. The second-order valence-corrected chi connectivity index (χ2v) is 7.99. The third-order valence-electron chi connectivity index (χ3n) is 4.12. The molecule has 0 unspecified atom stereocenters. The van der Waals surface area contributed by atoms with Crippen LogP contribution in [0.15, 0.2) is 36.4 Å². The van der Waals surface area contributed by atoms with Crippen LogP contribution in [0, 0.1) is 10.1 Å². The normalized spacial score (nSPS) is 11.2. The Morgan fingerprint density at radius 1 is 1.15 bits per heavy atom. The van der Waals surface area contributed by atoms with Crippen molar-refractivity contribution in [2.75, 3.05) is 25.6 Å². The molecule has 0 heterocycles. The van der Waals surface area contributed by atoms with Gasteiger partial charge in [0, 0.05) is 24.7 Å². The molecule has 0 aliphatic rings. The van der Waals surface area contributed by atoms with Crippen LogP contribution in [0.5, 0.6) is 11.5 Å². The summed E-state index contributed by atoms with van der Waals surface area (Å²) in [6.07, 6.45) is -4.98. The first kappa shape index (κ1) is 27.4. The van der Waals surface area contributed by atoms with Gasteiger partial charge in [0.15, 0.2) is 5.12 Å². The largest absolute Gasteiger partial charge is 0.463 e. The number of carbonyl (C=O) groups excluding carboxylic acids is 2. The topological polar surface area (TPSA) is 105 Å². The summed E-state index contributed by atoms with van der Waals surface area (Å²) in [6.45, 7) is 2.52. The zero-order chi connectivity index (χ0) is 25.3. The van der Waals surface area contributed by atoms with E-state index in [2.05, 4.69) is 0 Å². The van der Waals surface area contributed by atoms with Crippen molar-refractivity contribution in [2.24, 2.45) is 0 Å². The average Bonchev–Trinajstić information content (AvgIpc) is 2.76. The summed E-state index contributed by atoms with van der Waals surface area (Å²) in [5.41, 5.74) is -1.33. The first-order valence-electron chi connectivity index (χ1n) is 9.72. The smallest absolute Gasteiger partial charge is 0.416 e. The molecule has 0 aliphatic carbocycles. The second kappa shape index (κ2) is 12.6. The molecule has 0 aliphatic heterocycles. The predicted molar refractivity (Wildman–Crippen MR) is 118 cm³/mol. The van der Waals surface area contributed by atoms with E-state index in [1.54, 1.807) is 6.92 Å². The lowest BCUT2D eigenvalue weighted by Crippen LogP contribution is -2.14. The van der Waals surface area contributed by atoms with E-state index in [0.29, 0.717) is 24.4 Å². The van der Waals surface area contributed by atoms with Crippen molar-refractivity contribution in [1.82, 2.24) is 0 Å². The van der Waals surface area contributed by atoms with E-state index in [-0.39, 0.29) is 46.7 Å². The van der Waals surface area contributed by atoms with Crippen LogP contribution >= 0.6 is 23.4 Å². The van der Waals surface area contributed by atoms with Crippen LogP contribution in [-0.4, -0.2) is 41.6 Å². The Bertz CT molecular complexity index is 1050. The molecule has 2 rings (SSSR count). The number of nitro benzene ring substituents is 1. The number of hydrogen-bond acceptors (Lipinski definition) is 8. The van der Waals surface area contributed by atoms with Crippen LogP contribution < -0.4 is 4.74 Å². The Kier molecular flexibility index (Phi) is 10.1. The lowest BCUT2D eigenvalue weighted by molar-refractivity contribution is -0.385. The van der Waals surface area contributed by atoms with Crippen LogP contribution in [0.4, 0.5) is 18.9 Å². The van der Waals surface area contributed by atoms with E-state index < -0.39 is 34.2 Å². The maximum absolute atomic E-state index is 12.8. The third-order valence-corrected chi connectivity index (χ3v) is 5.26. The van der Waals surface area contributed by atoms with Crippen molar-refractivity contribution in [1.29, 1.82) is 0 Å². The Morgan fingerprint density at radius 3 is 2.50 bits per heavy atom. The zero-order valence-corrected chi connectivity index (χ0v) is 19.3. The predicted octanol–water partition coefficient (Wildman–Crippen LogP) is 5.44. The van der Waals surface area contributed by atoms with Gasteiger partial charge >= 0.3 is 12.1 Å². The van der Waals surface area contributed by atoms with Gasteiger partial charge in [0.1, 0.15) is 18.1 Å². The van der Waals surface area contributed by atoms with Gasteiger partial charge in [0.2, 0.25) is 0 Å². The monoisotopic (exact) mass is 521 g/mol. The number of benzene rings is 2. The lowest BCUT2D eigenvalue weighted by atomic mass is 10.1. The summed E-state index contributed by atoms with van der Waals surface area (Å²) in [5.74, 6) is -1.00. The summed E-state index contributed by atoms with van der Waals surface area (Å²) in [6, 6.07) is 6.03. The average molecular weight is 522 g/mol. The Morgan fingerprint density at radius 2 is 1.88 bits per heavy atom. The first-order chi connectivity index (χ1) is 16.0. The van der Waals surface area contributed by atoms with E-state index in [0.717, 1.165) is 18.2 Å². The highest BCUT2D eigenvalue weighted by Gasteiger charge is 2.31. The minimum Gasteiger partial charge on any atom is -0.463 e. The molecule has 34 heavy (non-hydrogen) atoms. The standard InChI is InChI=1S/C21H19ClF3NO7S/c1-2-31-7-8-32-19(27)12-34-20(28)10-13-9-15(4-5-17(13)26(29)30)33-18-6-3-14(11-16(18)22)21(23,24)25/h3-6,9,11H,2,7-8,10,12H2,1H3. The first-order valence-corrected chi connectivity index (χ1v) is 11.1. The summed E-state index contributed by atoms with van der Waals surface area (Å²) in [4.78, 5) is 34.6. The van der Waals surface area contributed by atoms with Gasteiger partial charge < -0.3 is 14.2 Å². The summed E-state index contributed by atoms with van der Waals surface area (Å²) < 4.78 is 53.8. The van der Waals surface area contributed by atoms with E-state index in [1.807, 2.05) is 0 Å². The highest BCUT2D eigenvalue weighted by Crippen LogP contribution is 2.37. The van der Waals surface area contributed by atoms with Crippen molar-refractivity contribution in [3.8, 4) is 11.5 Å². The molecule has 2 aromatic carbocycles. The van der Waals surface area contributed by atoms with E-state index in [9.17, 15) is 32.9 Å². The fourth-order valence-electron chi connectivity index (χ4n) is 2.58. The van der Waals surface area contributed by atoms with Gasteiger partial charge in [-0.05, 0) is 37.3 Å². The number of halogens is 4. The van der Waals surface area contributed by atoms with Crippen LogP contribution in [0.3, 0.4) is 0 Å². The Balaban J connectivity index is 2.08. The van der Waals surface area contributed by atoms with Crippen LogP contribution in [0.1, 0.15) is 18.1 Å². The van der Waals surface area contributed by atoms with Gasteiger partial charge in [0.25, 0.3) is 5.69 Å². The number of carbonyl (C=O) groups is 2.